The molecule has 2 amide bonds. The Morgan fingerprint density at radius 3 is 2.60 bits per heavy atom. The number of primary amides is 1. The minimum Gasteiger partial charge on any atom is -0.484 e. The van der Waals surface area contributed by atoms with Crippen LogP contribution in [-0.4, -0.2) is 40.6 Å². The number of nitrogens with two attached hydrogens (primary N) is 1. The molecule has 1 aromatic heterocycles. The number of urea groups is 1. The van der Waals surface area contributed by atoms with E-state index < -0.39 is 6.03 Å². The third kappa shape index (κ3) is 3.81. The highest BCUT2D eigenvalue weighted by molar-refractivity contribution is 5.72. The number of rotatable bonds is 4. The first kappa shape index (κ1) is 19.2. The van der Waals surface area contributed by atoms with Gasteiger partial charge in [0.1, 0.15) is 6.61 Å². The summed E-state index contributed by atoms with van der Waals surface area (Å²) >= 11 is 0. The molecule has 3 aliphatic rings. The van der Waals surface area contributed by atoms with Crippen molar-refractivity contribution in [2.75, 3.05) is 6.61 Å². The predicted molar refractivity (Wildman–Crippen MR) is 112 cm³/mol. The number of benzene rings is 1. The monoisotopic (exact) mass is 408 g/mol. The summed E-state index contributed by atoms with van der Waals surface area (Å²) in [7, 11) is 0. The summed E-state index contributed by atoms with van der Waals surface area (Å²) in [5, 5.41) is 2.90. The van der Waals surface area contributed by atoms with Crippen LogP contribution in [0, 0.1) is 6.92 Å². The zero-order chi connectivity index (χ0) is 20.7. The molecule has 4 heterocycles. The number of ether oxygens (including phenoxy) is 2. The Labute approximate surface area is 176 Å². The molecule has 158 valence electrons. The third-order valence-electron chi connectivity index (χ3n) is 6.56. The van der Waals surface area contributed by atoms with Gasteiger partial charge in [0, 0.05) is 30.4 Å². The largest absolute Gasteiger partial charge is 0.484 e. The highest BCUT2D eigenvalue weighted by Gasteiger charge is 2.40. The Kier molecular flexibility index (Phi) is 4.98. The Balaban J connectivity index is 1.23. The first-order valence-corrected chi connectivity index (χ1v) is 10.7. The molecule has 3 aliphatic heterocycles. The van der Waals surface area contributed by atoms with Gasteiger partial charge < -0.3 is 20.5 Å². The number of hydrogen-bond acceptors (Lipinski definition) is 5. The maximum atomic E-state index is 11.2. The maximum Gasteiger partial charge on any atom is 0.312 e. The number of carbonyl (C=O) groups excluding carboxylic acids is 1. The summed E-state index contributed by atoms with van der Waals surface area (Å²) in [5.74, 6) is 1.28. The van der Waals surface area contributed by atoms with E-state index in [0.717, 1.165) is 30.6 Å². The lowest BCUT2D eigenvalue weighted by atomic mass is 9.96. The topological polar surface area (TPSA) is 89.7 Å². The molecule has 5 rings (SSSR count). The van der Waals surface area contributed by atoms with Gasteiger partial charge in [-0.15, -0.1) is 0 Å². The lowest BCUT2D eigenvalue weighted by Crippen LogP contribution is -2.51. The smallest absolute Gasteiger partial charge is 0.312 e. The van der Waals surface area contributed by atoms with Gasteiger partial charge in [0.25, 0.3) is 5.88 Å². The molecule has 0 radical (unpaired) electrons. The summed E-state index contributed by atoms with van der Waals surface area (Å²) in [6.07, 6.45) is 4.21. The van der Waals surface area contributed by atoms with E-state index in [9.17, 15) is 4.79 Å². The molecule has 1 aromatic carbocycles. The molecule has 7 nitrogen and oxygen atoms in total. The van der Waals surface area contributed by atoms with Crippen LogP contribution in [0.5, 0.6) is 11.6 Å². The summed E-state index contributed by atoms with van der Waals surface area (Å²) in [5.41, 5.74) is 8.62. The average Bonchev–Trinajstić information content (AvgIpc) is 2.95. The van der Waals surface area contributed by atoms with E-state index in [-0.39, 0.29) is 12.1 Å². The third-order valence-corrected chi connectivity index (χ3v) is 6.56. The Bertz CT molecular complexity index is 919. The van der Waals surface area contributed by atoms with Crippen LogP contribution in [0.1, 0.15) is 48.6 Å². The fraction of sp³-hybridized carbons (Fsp3) is 0.478. The fourth-order valence-corrected chi connectivity index (χ4v) is 5.11. The van der Waals surface area contributed by atoms with E-state index in [1.165, 1.54) is 18.4 Å². The quantitative estimate of drug-likeness (QED) is 0.812. The zero-order valence-electron chi connectivity index (χ0n) is 17.2. The minimum absolute atomic E-state index is 0.146. The predicted octanol–water partition coefficient (Wildman–Crippen LogP) is 3.07. The number of fused-ring (bicyclic) bond motifs is 3. The van der Waals surface area contributed by atoms with E-state index >= 15 is 0 Å². The van der Waals surface area contributed by atoms with Crippen LogP contribution in [0.3, 0.4) is 0 Å². The van der Waals surface area contributed by atoms with Crippen molar-refractivity contribution in [2.45, 2.75) is 63.4 Å². The van der Waals surface area contributed by atoms with Crippen molar-refractivity contribution >= 4 is 6.03 Å². The standard InChI is InChI=1S/C23H28N4O3/c1-14-2-9-20-22(25-14)30-21(13-29-20)16-5-3-15(4-6-16)12-27-18-7-8-19(27)11-17(10-18)26-23(24)28/h2-6,9,17-19,21H,7-8,10-13H2,1H3,(H3,24,26,28)/t17-,18+,19-,21-/m1/s1. The molecule has 30 heavy (non-hydrogen) atoms. The van der Waals surface area contributed by atoms with Gasteiger partial charge >= 0.3 is 6.03 Å². The van der Waals surface area contributed by atoms with Gasteiger partial charge in [-0.2, -0.15) is 0 Å². The fourth-order valence-electron chi connectivity index (χ4n) is 5.11. The van der Waals surface area contributed by atoms with Crippen molar-refractivity contribution in [3.05, 3.63) is 53.2 Å². The second-order valence-corrected chi connectivity index (χ2v) is 8.65. The van der Waals surface area contributed by atoms with Crippen LogP contribution in [0.15, 0.2) is 36.4 Å². The number of aromatic nitrogens is 1. The number of nitrogens with one attached hydrogen (secondary N) is 1. The normalized spacial score (nSPS) is 27.6. The van der Waals surface area contributed by atoms with E-state index in [4.69, 9.17) is 15.2 Å². The van der Waals surface area contributed by atoms with E-state index in [2.05, 4.69) is 39.5 Å². The number of carbonyl (C=O) groups is 1. The molecule has 0 spiro atoms. The molecule has 0 unspecified atom stereocenters. The number of nitrogens with zero attached hydrogens (tertiary/aromatic N) is 2. The molecule has 4 atom stereocenters. The van der Waals surface area contributed by atoms with Crippen LogP contribution in [0.2, 0.25) is 0 Å². The highest BCUT2D eigenvalue weighted by atomic mass is 16.6. The number of hydrogen-bond donors (Lipinski definition) is 2. The summed E-state index contributed by atoms with van der Waals surface area (Å²) in [6, 6.07) is 13.3. The molecule has 2 bridgehead atoms. The summed E-state index contributed by atoms with van der Waals surface area (Å²) < 4.78 is 11.9. The molecule has 2 fully saturated rings. The molecular weight excluding hydrogens is 380 g/mol. The van der Waals surface area contributed by atoms with Crippen molar-refractivity contribution in [3.63, 3.8) is 0 Å². The lowest BCUT2D eigenvalue weighted by molar-refractivity contribution is 0.0847. The van der Waals surface area contributed by atoms with E-state index in [1.807, 2.05) is 19.1 Å². The van der Waals surface area contributed by atoms with Crippen LogP contribution < -0.4 is 20.5 Å². The van der Waals surface area contributed by atoms with Gasteiger partial charge in [0.15, 0.2) is 11.9 Å². The van der Waals surface area contributed by atoms with Crippen molar-refractivity contribution in [3.8, 4) is 11.6 Å². The first-order valence-electron chi connectivity index (χ1n) is 10.7. The van der Waals surface area contributed by atoms with Gasteiger partial charge in [-0.3, -0.25) is 4.90 Å². The second-order valence-electron chi connectivity index (χ2n) is 8.65. The van der Waals surface area contributed by atoms with E-state index in [0.29, 0.717) is 30.3 Å². The summed E-state index contributed by atoms with van der Waals surface area (Å²) in [4.78, 5) is 18.2. The van der Waals surface area contributed by atoms with Crippen LogP contribution >= 0.6 is 0 Å². The van der Waals surface area contributed by atoms with Crippen molar-refractivity contribution in [1.29, 1.82) is 0 Å². The van der Waals surface area contributed by atoms with Crippen LogP contribution in [0.4, 0.5) is 4.79 Å². The summed E-state index contributed by atoms with van der Waals surface area (Å²) in [6.45, 7) is 3.37. The zero-order valence-corrected chi connectivity index (χ0v) is 17.2. The Morgan fingerprint density at radius 1 is 1.17 bits per heavy atom. The number of aryl methyl sites for hydroxylation is 1. The molecule has 0 aliphatic carbocycles. The van der Waals surface area contributed by atoms with Crippen LogP contribution in [-0.2, 0) is 6.54 Å². The molecule has 3 N–H and O–H groups in total. The highest BCUT2D eigenvalue weighted by Crippen LogP contribution is 2.38. The van der Waals surface area contributed by atoms with Crippen LogP contribution in [0.25, 0.3) is 0 Å². The van der Waals surface area contributed by atoms with E-state index in [1.54, 1.807) is 0 Å². The average molecular weight is 409 g/mol. The minimum atomic E-state index is -0.412. The number of pyridine rings is 1. The Hall–Kier alpha value is -2.80. The number of amides is 2. The van der Waals surface area contributed by atoms with Gasteiger partial charge in [0.2, 0.25) is 0 Å². The second kappa shape index (κ2) is 7.80. The Morgan fingerprint density at radius 2 is 1.90 bits per heavy atom. The van der Waals surface area contributed by atoms with Crippen molar-refractivity contribution < 1.29 is 14.3 Å². The number of piperidine rings is 1. The molecule has 2 aromatic rings. The molecule has 7 heteroatoms. The maximum absolute atomic E-state index is 11.2. The van der Waals surface area contributed by atoms with Gasteiger partial charge in [-0.05, 0) is 55.9 Å². The van der Waals surface area contributed by atoms with Gasteiger partial charge in [-0.25, -0.2) is 9.78 Å². The molecule has 0 saturated carbocycles. The lowest BCUT2D eigenvalue weighted by Gasteiger charge is -2.39. The van der Waals surface area contributed by atoms with Crippen molar-refractivity contribution in [1.82, 2.24) is 15.2 Å². The van der Waals surface area contributed by atoms with Crippen molar-refractivity contribution in [2.24, 2.45) is 5.73 Å². The van der Waals surface area contributed by atoms with Gasteiger partial charge in [0.05, 0.1) is 0 Å². The van der Waals surface area contributed by atoms with Gasteiger partial charge in [-0.1, -0.05) is 24.3 Å². The molecular formula is C23H28N4O3. The first-order chi connectivity index (χ1) is 14.5. The molecule has 2 saturated heterocycles. The SMILES string of the molecule is Cc1ccc2c(n1)O[C@@H](c1ccc(CN3[C@@H]4CC[C@H]3C[C@@H](NC(N)=O)C4)cc1)CO2.